The molecule has 0 saturated carbocycles. The number of nitrogens with zero attached hydrogens (tertiary/aromatic N) is 3. The molecule has 1 aromatic heterocycles. The number of hydrogen-bond donors (Lipinski definition) is 1. The van der Waals surface area contributed by atoms with Gasteiger partial charge in [0.2, 0.25) is 5.91 Å². The van der Waals surface area contributed by atoms with Crippen molar-refractivity contribution < 1.29 is 13.7 Å². The van der Waals surface area contributed by atoms with Crippen molar-refractivity contribution in [1.82, 2.24) is 15.0 Å². The molecule has 1 amide bonds. The maximum Gasteiger partial charge on any atom is 0.238 e. The van der Waals surface area contributed by atoms with E-state index in [9.17, 15) is 9.18 Å². The van der Waals surface area contributed by atoms with E-state index >= 15 is 0 Å². The van der Waals surface area contributed by atoms with Crippen LogP contribution in [0.1, 0.15) is 11.5 Å². The van der Waals surface area contributed by atoms with Gasteiger partial charge in [0.05, 0.1) is 17.9 Å². The quantitative estimate of drug-likeness (QED) is 0.881. The molecule has 25 heavy (non-hydrogen) atoms. The van der Waals surface area contributed by atoms with Crippen LogP contribution in [-0.2, 0) is 11.3 Å². The average Bonchev–Trinajstić information content (AvgIpc) is 2.97. The molecule has 0 bridgehead atoms. The van der Waals surface area contributed by atoms with Crippen molar-refractivity contribution in [2.75, 3.05) is 38.0 Å². The van der Waals surface area contributed by atoms with E-state index in [1.165, 1.54) is 12.1 Å². The van der Waals surface area contributed by atoms with Gasteiger partial charge in [-0.2, -0.15) is 0 Å². The monoisotopic (exact) mass is 366 g/mol. The van der Waals surface area contributed by atoms with Crippen LogP contribution in [-0.4, -0.2) is 53.6 Å². The van der Waals surface area contributed by atoms with Crippen LogP contribution in [0, 0.1) is 12.7 Å². The van der Waals surface area contributed by atoms with Crippen LogP contribution in [0.4, 0.5) is 10.1 Å². The molecule has 0 radical (unpaired) electrons. The average molecular weight is 367 g/mol. The highest BCUT2D eigenvalue weighted by Gasteiger charge is 2.20. The molecule has 1 saturated heterocycles. The molecule has 2 aromatic rings. The van der Waals surface area contributed by atoms with Crippen molar-refractivity contribution in [3.05, 3.63) is 46.6 Å². The van der Waals surface area contributed by atoms with E-state index in [1.807, 2.05) is 17.9 Å². The molecule has 0 unspecified atom stereocenters. The maximum atomic E-state index is 13.7. The second kappa shape index (κ2) is 7.95. The normalized spacial score (nSPS) is 16.1. The number of benzene rings is 1. The summed E-state index contributed by atoms with van der Waals surface area (Å²) in [4.78, 5) is 16.4. The fourth-order valence-electron chi connectivity index (χ4n) is 2.81. The van der Waals surface area contributed by atoms with Crippen molar-refractivity contribution in [2.45, 2.75) is 13.5 Å². The van der Waals surface area contributed by atoms with E-state index in [0.29, 0.717) is 5.02 Å². The second-order valence-electron chi connectivity index (χ2n) is 6.15. The Hall–Kier alpha value is -1.96. The van der Waals surface area contributed by atoms with Crippen LogP contribution < -0.4 is 5.32 Å². The Labute approximate surface area is 150 Å². The van der Waals surface area contributed by atoms with Crippen molar-refractivity contribution >= 4 is 23.2 Å². The smallest absolute Gasteiger partial charge is 0.238 e. The first-order valence-electron chi connectivity index (χ1n) is 8.11. The Kier molecular flexibility index (Phi) is 5.67. The number of carbonyl (C=O) groups is 1. The molecule has 1 aliphatic rings. The summed E-state index contributed by atoms with van der Waals surface area (Å²) in [6.45, 7) is 6.08. The van der Waals surface area contributed by atoms with Gasteiger partial charge in [-0.05, 0) is 25.1 Å². The zero-order valence-electron chi connectivity index (χ0n) is 14.0. The van der Waals surface area contributed by atoms with Gasteiger partial charge < -0.3 is 9.84 Å². The third-order valence-corrected chi connectivity index (χ3v) is 4.33. The summed E-state index contributed by atoms with van der Waals surface area (Å²) < 4.78 is 18.8. The minimum Gasteiger partial charge on any atom is -0.361 e. The summed E-state index contributed by atoms with van der Waals surface area (Å²) in [5.74, 6) is 0.0371. The van der Waals surface area contributed by atoms with E-state index in [1.54, 1.807) is 6.07 Å². The molecule has 6 nitrogen and oxygen atoms in total. The SMILES string of the molecule is Cc1cc(CN2CCN(CC(=O)Nc3ccc(Cl)cc3F)CC2)no1. The highest BCUT2D eigenvalue weighted by Crippen LogP contribution is 2.19. The third kappa shape index (κ3) is 5.01. The minimum absolute atomic E-state index is 0.148. The number of halogens is 2. The van der Waals surface area contributed by atoms with Gasteiger partial charge in [-0.25, -0.2) is 4.39 Å². The zero-order chi connectivity index (χ0) is 17.8. The first kappa shape index (κ1) is 17.8. The van der Waals surface area contributed by atoms with Gasteiger partial charge in [0.1, 0.15) is 11.6 Å². The predicted molar refractivity (Wildman–Crippen MR) is 93.0 cm³/mol. The molecule has 0 aliphatic carbocycles. The van der Waals surface area contributed by atoms with E-state index < -0.39 is 5.82 Å². The number of amides is 1. The molecular formula is C17H20ClFN4O2. The van der Waals surface area contributed by atoms with Gasteiger partial charge in [-0.3, -0.25) is 14.6 Å². The first-order chi connectivity index (χ1) is 12.0. The standard InChI is InChI=1S/C17H20ClFN4O2/c1-12-8-14(21-25-12)10-22-4-6-23(7-5-22)11-17(24)20-16-3-2-13(18)9-15(16)19/h2-3,8-9H,4-7,10-11H2,1H3,(H,20,24). The Bertz CT molecular complexity index is 744. The van der Waals surface area contributed by atoms with E-state index in [-0.39, 0.29) is 18.1 Å². The third-order valence-electron chi connectivity index (χ3n) is 4.10. The van der Waals surface area contributed by atoms with Crippen LogP contribution in [0.25, 0.3) is 0 Å². The number of aromatic nitrogens is 1. The molecule has 8 heteroatoms. The number of rotatable bonds is 5. The van der Waals surface area contributed by atoms with Gasteiger partial charge >= 0.3 is 0 Å². The summed E-state index contributed by atoms with van der Waals surface area (Å²) >= 11 is 5.71. The largest absolute Gasteiger partial charge is 0.361 e. The Morgan fingerprint density at radius 1 is 1.28 bits per heavy atom. The van der Waals surface area contributed by atoms with Crippen LogP contribution in [0.3, 0.4) is 0 Å². The zero-order valence-corrected chi connectivity index (χ0v) is 14.7. The molecule has 134 valence electrons. The van der Waals surface area contributed by atoms with Crippen LogP contribution in [0.2, 0.25) is 5.02 Å². The van der Waals surface area contributed by atoms with Crippen molar-refractivity contribution in [1.29, 1.82) is 0 Å². The Morgan fingerprint density at radius 3 is 2.64 bits per heavy atom. The first-order valence-corrected chi connectivity index (χ1v) is 8.49. The van der Waals surface area contributed by atoms with E-state index in [4.69, 9.17) is 16.1 Å². The number of hydrogen-bond acceptors (Lipinski definition) is 5. The Morgan fingerprint density at radius 2 is 2.00 bits per heavy atom. The fourth-order valence-corrected chi connectivity index (χ4v) is 2.97. The van der Waals surface area contributed by atoms with Crippen molar-refractivity contribution in [3.8, 4) is 0 Å². The molecule has 3 rings (SSSR count). The Balaban J connectivity index is 1.44. The van der Waals surface area contributed by atoms with Gasteiger partial charge in [0.25, 0.3) is 0 Å². The molecule has 1 aromatic carbocycles. The maximum absolute atomic E-state index is 13.7. The van der Waals surface area contributed by atoms with Crippen LogP contribution in [0.5, 0.6) is 0 Å². The molecule has 0 spiro atoms. The molecular weight excluding hydrogens is 347 g/mol. The van der Waals surface area contributed by atoms with Gasteiger partial charge in [0.15, 0.2) is 0 Å². The fraction of sp³-hybridized carbons (Fsp3) is 0.412. The lowest BCUT2D eigenvalue weighted by atomic mass is 10.2. The number of carbonyl (C=O) groups excluding carboxylic acids is 1. The van der Waals surface area contributed by atoms with Crippen LogP contribution >= 0.6 is 11.6 Å². The molecule has 2 heterocycles. The van der Waals surface area contributed by atoms with E-state index in [0.717, 1.165) is 44.2 Å². The minimum atomic E-state index is -0.534. The van der Waals surface area contributed by atoms with Crippen LogP contribution in [0.15, 0.2) is 28.8 Å². The molecule has 1 N–H and O–H groups in total. The number of nitrogens with one attached hydrogen (secondary N) is 1. The molecule has 0 atom stereocenters. The highest BCUT2D eigenvalue weighted by atomic mass is 35.5. The summed E-state index contributed by atoms with van der Waals surface area (Å²) in [6, 6.07) is 6.13. The van der Waals surface area contributed by atoms with Gasteiger partial charge in [0, 0.05) is 43.8 Å². The number of piperazine rings is 1. The lowest BCUT2D eigenvalue weighted by molar-refractivity contribution is -0.117. The summed E-state index contributed by atoms with van der Waals surface area (Å²) in [5, 5.41) is 6.89. The molecule has 1 fully saturated rings. The molecule has 1 aliphatic heterocycles. The van der Waals surface area contributed by atoms with Crippen molar-refractivity contribution in [2.24, 2.45) is 0 Å². The lowest BCUT2D eigenvalue weighted by Crippen LogP contribution is -2.48. The number of aryl methyl sites for hydroxylation is 1. The highest BCUT2D eigenvalue weighted by molar-refractivity contribution is 6.30. The predicted octanol–water partition coefficient (Wildman–Crippen LogP) is 2.53. The summed E-state index contributed by atoms with van der Waals surface area (Å²) in [5.41, 5.74) is 1.07. The summed E-state index contributed by atoms with van der Waals surface area (Å²) in [7, 11) is 0. The van der Waals surface area contributed by atoms with E-state index in [2.05, 4.69) is 15.4 Å². The topological polar surface area (TPSA) is 61.6 Å². The van der Waals surface area contributed by atoms with Gasteiger partial charge in [-0.15, -0.1) is 0 Å². The summed E-state index contributed by atoms with van der Waals surface area (Å²) in [6.07, 6.45) is 0. The second-order valence-corrected chi connectivity index (χ2v) is 6.59. The lowest BCUT2D eigenvalue weighted by Gasteiger charge is -2.33. The van der Waals surface area contributed by atoms with Gasteiger partial charge in [-0.1, -0.05) is 16.8 Å². The number of anilines is 1. The van der Waals surface area contributed by atoms with Crippen molar-refractivity contribution in [3.63, 3.8) is 0 Å².